The number of carboxylic acids is 1. The largest absolute Gasteiger partial charge is 0.477 e. The number of carbonyl (C=O) groups excluding carboxylic acids is 4. The van der Waals surface area contributed by atoms with Gasteiger partial charge < -0.3 is 166 Å². The highest BCUT2D eigenvalue weighted by Crippen LogP contribution is 2.40. The fraction of sp³-hybridized carbons (Fsp3) is 0.894. The van der Waals surface area contributed by atoms with Crippen LogP contribution in [0.25, 0.3) is 0 Å². The third-order valence-corrected chi connectivity index (χ3v) is 14.6. The van der Waals surface area contributed by atoms with Crippen LogP contribution in [0.4, 0.5) is 0 Å². The van der Waals surface area contributed by atoms with E-state index in [9.17, 15) is 121 Å². The molecule has 5 heterocycles. The van der Waals surface area contributed by atoms with Gasteiger partial charge in [-0.1, -0.05) is 0 Å². The van der Waals surface area contributed by atoms with Gasteiger partial charge in [0.2, 0.25) is 23.6 Å². The molecule has 5 rings (SSSR count). The number of hydrogen-bond acceptors (Lipinski definition) is 33. The molecule has 0 aromatic carbocycles. The third-order valence-electron chi connectivity index (χ3n) is 14.6. The number of amides is 4. The molecule has 0 spiro atoms. The summed E-state index contributed by atoms with van der Waals surface area (Å²) in [4.78, 5) is 63.2. The minimum Gasteiger partial charge on any atom is -0.477 e. The van der Waals surface area contributed by atoms with Gasteiger partial charge in [0, 0.05) is 34.1 Å². The molecule has 0 bridgehead atoms. The number of hydrogen-bond donors (Lipinski definition) is 23. The van der Waals surface area contributed by atoms with Gasteiger partial charge in [0.05, 0.1) is 64.4 Å². The second kappa shape index (κ2) is 31.6. The van der Waals surface area contributed by atoms with E-state index in [0.717, 1.165) is 27.7 Å². The Labute approximate surface area is 482 Å². The predicted molar refractivity (Wildman–Crippen MR) is 265 cm³/mol. The standard InChI is InChI=1S/C47H80N4O34/c1-13(58)48-17(6-52)37(29(66)20(64)12-76-42-27(51-16(4)61)39(32(69)23(10-56)77-42)83-43-26(50-15(3)60)33(70)30(67)21(8-54)78-43)81-45-36(73)41(38(24(11-57)80-45)82-44-35(72)34(71)31(68)22(9-55)79-44)85-47(46(74)75)5-18(62)25(49-14(2)59)40(84-47)28(65)19(63)7-53/h17-45,52-57,62-73H,5-12H2,1-4H3,(H,48,58)(H,49,59)(H,50,60)(H,51,61)(H,74,75)/t17-,18-,19+,20+,21+,22+,23+,24+,25+,26+,27+,28+,29-,30+,31-,32+,33+,34+,35+,36+,37+,38-,39+,40+,41+,42+,43-,44-,45-,47-/m0/s1. The number of nitrogens with one attached hydrogen (secondary N) is 4. The Kier molecular flexibility index (Phi) is 26.8. The molecule has 4 amide bonds. The van der Waals surface area contributed by atoms with Gasteiger partial charge in [-0.15, -0.1) is 0 Å². The van der Waals surface area contributed by atoms with Crippen molar-refractivity contribution in [3.63, 3.8) is 0 Å². The van der Waals surface area contributed by atoms with Crippen molar-refractivity contribution in [2.24, 2.45) is 0 Å². The van der Waals surface area contributed by atoms with Gasteiger partial charge in [-0.2, -0.15) is 0 Å². The van der Waals surface area contributed by atoms with Gasteiger partial charge in [0.25, 0.3) is 5.79 Å². The lowest BCUT2D eigenvalue weighted by Gasteiger charge is -2.52. The van der Waals surface area contributed by atoms with E-state index in [1.165, 1.54) is 0 Å². The first-order valence-electron chi connectivity index (χ1n) is 26.6. The molecule has 5 aliphatic rings. The second-order valence-corrected chi connectivity index (χ2v) is 20.9. The lowest BCUT2D eigenvalue weighted by Crippen LogP contribution is -2.71. The molecule has 85 heavy (non-hydrogen) atoms. The van der Waals surface area contributed by atoms with Crippen molar-refractivity contribution in [3.05, 3.63) is 0 Å². The zero-order valence-electron chi connectivity index (χ0n) is 46.0. The van der Waals surface area contributed by atoms with Crippen molar-refractivity contribution in [1.82, 2.24) is 21.3 Å². The maximum Gasteiger partial charge on any atom is 0.364 e. The molecule has 0 aromatic heterocycles. The van der Waals surface area contributed by atoms with Gasteiger partial charge in [0.15, 0.2) is 25.2 Å². The van der Waals surface area contributed by atoms with Crippen LogP contribution in [0.5, 0.6) is 0 Å². The van der Waals surface area contributed by atoms with E-state index < -0.39 is 266 Å². The number of carbonyl (C=O) groups is 5. The van der Waals surface area contributed by atoms with Crippen LogP contribution in [0, 0.1) is 0 Å². The topological polar surface area (TPSA) is 610 Å². The number of aliphatic carboxylic acids is 1. The molecule has 30 atom stereocenters. The summed E-state index contributed by atoms with van der Waals surface area (Å²) >= 11 is 0. The van der Waals surface area contributed by atoms with Crippen LogP contribution in [-0.4, -0.2) is 356 Å². The van der Waals surface area contributed by atoms with Crippen molar-refractivity contribution in [2.75, 3.05) is 46.2 Å². The fourth-order valence-corrected chi connectivity index (χ4v) is 10.3. The van der Waals surface area contributed by atoms with Crippen molar-refractivity contribution in [3.8, 4) is 0 Å². The summed E-state index contributed by atoms with van der Waals surface area (Å²) < 4.78 is 58.0. The average Bonchev–Trinajstić information content (AvgIpc) is 3.41. The molecule has 5 fully saturated rings. The lowest BCUT2D eigenvalue weighted by atomic mass is 9.88. The fourth-order valence-electron chi connectivity index (χ4n) is 10.3. The van der Waals surface area contributed by atoms with Crippen LogP contribution in [-0.2, 0) is 71.3 Å². The van der Waals surface area contributed by atoms with Gasteiger partial charge in [0.1, 0.15) is 134 Å². The first kappa shape index (κ1) is 72.0. The second-order valence-electron chi connectivity index (χ2n) is 20.9. The average molecular weight is 1250 g/mol. The lowest BCUT2D eigenvalue weighted by molar-refractivity contribution is -0.398. The zero-order chi connectivity index (χ0) is 63.7. The normalized spacial score (nSPS) is 41.0. The van der Waals surface area contributed by atoms with Crippen LogP contribution < -0.4 is 21.3 Å². The highest BCUT2D eigenvalue weighted by molar-refractivity contribution is 5.77. The SMILES string of the molecule is CC(=O)N[C@H]1[C@H](O[C@H]2[C@H](O)[C@@H](CO)O[C@@H](OC[C@@H](O)[C@H](O)[C@H](O[C@@H]3O[C@H](CO)[C@H](O[C@@H]4O[C@H](CO)[C@H](O)[C@@H](O)[C@H]4O)[C@H](O[C@]4(C(=O)O)C[C@H](O)[C@@H](NC(C)=O)[C@H]([C@H](O)[C@H](O)CO)O4)[C@H]3O)[C@H](CO)NC(C)=O)[C@@H]2NC(C)=O)O[C@H](CO)[C@@H](O)[C@@H]1O. The van der Waals surface area contributed by atoms with E-state index in [0.29, 0.717) is 0 Å². The quantitative estimate of drug-likeness (QED) is 0.0363. The van der Waals surface area contributed by atoms with Crippen LogP contribution in [0.3, 0.4) is 0 Å². The Morgan fingerprint density at radius 1 is 0.529 bits per heavy atom. The molecule has 38 nitrogen and oxygen atoms in total. The van der Waals surface area contributed by atoms with Gasteiger partial charge in [-0.3, -0.25) is 19.2 Å². The van der Waals surface area contributed by atoms with Crippen molar-refractivity contribution in [1.29, 1.82) is 0 Å². The number of aliphatic hydroxyl groups excluding tert-OH is 18. The third kappa shape index (κ3) is 16.9. The Bertz CT molecular complexity index is 2160. The number of carboxylic acid groups (broad SMARTS) is 1. The van der Waals surface area contributed by atoms with Crippen LogP contribution in [0.15, 0.2) is 0 Å². The van der Waals surface area contributed by atoms with Gasteiger partial charge in [-0.25, -0.2) is 4.79 Å². The summed E-state index contributed by atoms with van der Waals surface area (Å²) in [7, 11) is 0. The maximum atomic E-state index is 13.5. The monoisotopic (exact) mass is 1240 g/mol. The molecule has 0 saturated carbocycles. The summed E-state index contributed by atoms with van der Waals surface area (Å²) in [6.07, 6.45) is -54.1. The van der Waals surface area contributed by atoms with Gasteiger partial charge >= 0.3 is 5.97 Å². The van der Waals surface area contributed by atoms with E-state index in [1.54, 1.807) is 0 Å². The molecule has 5 saturated heterocycles. The number of aliphatic hydroxyl groups is 18. The maximum absolute atomic E-state index is 13.5. The molecule has 0 radical (unpaired) electrons. The summed E-state index contributed by atoms with van der Waals surface area (Å²) in [5.41, 5.74) is 0. The van der Waals surface area contributed by atoms with E-state index in [4.69, 9.17) is 47.4 Å². The Hall–Kier alpha value is -3.77. The van der Waals surface area contributed by atoms with Crippen LogP contribution in [0.2, 0.25) is 0 Å². The molecule has 38 heteroatoms. The predicted octanol–water partition coefficient (Wildman–Crippen LogP) is -14.7. The first-order valence-corrected chi connectivity index (χ1v) is 26.6. The smallest absolute Gasteiger partial charge is 0.364 e. The molecule has 0 aliphatic carbocycles. The highest BCUT2D eigenvalue weighted by atomic mass is 16.8. The highest BCUT2D eigenvalue weighted by Gasteiger charge is 2.62. The molecular formula is C47H80N4O34. The summed E-state index contributed by atoms with van der Waals surface area (Å²) in [5.74, 6) is -9.08. The summed E-state index contributed by atoms with van der Waals surface area (Å²) in [6, 6.07) is -7.01. The Morgan fingerprint density at radius 2 is 1.04 bits per heavy atom. The molecule has 5 aliphatic heterocycles. The van der Waals surface area contributed by atoms with Crippen molar-refractivity contribution >= 4 is 29.6 Å². The van der Waals surface area contributed by atoms with Crippen LogP contribution >= 0.6 is 0 Å². The van der Waals surface area contributed by atoms with E-state index in [1.807, 2.05) is 0 Å². The molecular weight excluding hydrogens is 1160 g/mol. The van der Waals surface area contributed by atoms with E-state index in [2.05, 4.69) is 21.3 Å². The minimum atomic E-state index is -3.40. The van der Waals surface area contributed by atoms with E-state index in [-0.39, 0.29) is 0 Å². The van der Waals surface area contributed by atoms with Crippen molar-refractivity contribution < 1.29 is 168 Å². The molecule has 23 N–H and O–H groups in total. The molecule has 0 aromatic rings. The minimum absolute atomic E-state index is 0.781. The zero-order valence-corrected chi connectivity index (χ0v) is 46.0. The molecule has 492 valence electrons. The summed E-state index contributed by atoms with van der Waals surface area (Å²) in [5, 5.41) is 215. The number of rotatable bonds is 27. The van der Waals surface area contributed by atoms with Crippen LogP contribution in [0.1, 0.15) is 34.1 Å². The Morgan fingerprint density at radius 3 is 1.56 bits per heavy atom. The first-order chi connectivity index (χ1) is 39.9. The molecule has 0 unspecified atom stereocenters. The Balaban J connectivity index is 1.53. The van der Waals surface area contributed by atoms with Crippen molar-refractivity contribution in [2.45, 2.75) is 217 Å². The summed E-state index contributed by atoms with van der Waals surface area (Å²) in [6.45, 7) is -3.96. The van der Waals surface area contributed by atoms with Gasteiger partial charge in [-0.05, 0) is 0 Å². The number of ether oxygens (including phenoxy) is 10. The van der Waals surface area contributed by atoms with E-state index >= 15 is 0 Å².